The predicted octanol–water partition coefficient (Wildman–Crippen LogP) is 11.2. The second-order valence-corrected chi connectivity index (χ2v) is 17.8. The van der Waals surface area contributed by atoms with E-state index in [-0.39, 0.29) is 15.7 Å². The highest BCUT2D eigenvalue weighted by Crippen LogP contribution is 2.49. The van der Waals surface area contributed by atoms with Crippen LogP contribution >= 0.6 is 11.6 Å². The van der Waals surface area contributed by atoms with Crippen LogP contribution in [0.25, 0.3) is 21.5 Å². The van der Waals surface area contributed by atoms with E-state index >= 15 is 0 Å². The van der Waals surface area contributed by atoms with Crippen LogP contribution in [0.2, 0.25) is 0 Å². The summed E-state index contributed by atoms with van der Waals surface area (Å²) in [6, 6.07) is 32.8. The van der Waals surface area contributed by atoms with Gasteiger partial charge in [0.25, 0.3) is 0 Å². The van der Waals surface area contributed by atoms with Gasteiger partial charge >= 0.3 is 0 Å². The van der Waals surface area contributed by atoms with Crippen LogP contribution in [0.4, 0.5) is 11.4 Å². The van der Waals surface area contributed by atoms with E-state index in [1.54, 1.807) is 12.1 Å². The molecule has 7 heteroatoms. The number of benzene rings is 5. The van der Waals surface area contributed by atoms with Gasteiger partial charge in [-0.1, -0.05) is 110 Å². The Bertz CT molecular complexity index is 2520. The second-order valence-electron chi connectivity index (χ2n) is 16.0. The highest BCUT2D eigenvalue weighted by atomic mass is 35.5. The summed E-state index contributed by atoms with van der Waals surface area (Å²) in [6.07, 6.45) is 11.2. The number of hydrogen-bond donors (Lipinski definition) is 0. The number of hydrogen-bond acceptors (Lipinski definition) is 4. The van der Waals surface area contributed by atoms with E-state index in [1.807, 2.05) is 6.92 Å². The van der Waals surface area contributed by atoms with E-state index in [2.05, 4.69) is 142 Å². The van der Waals surface area contributed by atoms with Crippen LogP contribution in [-0.4, -0.2) is 43.4 Å². The Morgan fingerprint density at radius 2 is 1.44 bits per heavy atom. The first kappa shape index (κ1) is 37.8. The summed E-state index contributed by atoms with van der Waals surface area (Å²) in [7, 11) is 0.190. The fourth-order valence-corrected chi connectivity index (χ4v) is 9.88. The van der Waals surface area contributed by atoms with E-state index in [9.17, 15) is 13.0 Å². The third kappa shape index (κ3) is 6.74. The molecule has 2 aliphatic heterocycles. The summed E-state index contributed by atoms with van der Waals surface area (Å²) < 4.78 is 33.5. The van der Waals surface area contributed by atoms with Gasteiger partial charge in [0.15, 0.2) is 5.71 Å². The van der Waals surface area contributed by atoms with Crippen LogP contribution in [0.5, 0.6) is 0 Å². The summed E-state index contributed by atoms with van der Waals surface area (Å²) in [6.45, 7) is 11.3. The number of likely N-dealkylation sites (N-methyl/N-ethyl adjacent to an activating group) is 1. The lowest BCUT2D eigenvalue weighted by atomic mass is 9.77. The Hall–Kier alpha value is -4.49. The molecule has 1 atom stereocenters. The molecular weight excluding hydrogens is 708 g/mol. The summed E-state index contributed by atoms with van der Waals surface area (Å²) >= 11 is 7.19. The van der Waals surface area contributed by atoms with Crippen LogP contribution in [0, 0.1) is 6.92 Å². The van der Waals surface area contributed by atoms with Gasteiger partial charge in [-0.25, -0.2) is 8.42 Å². The number of aryl methyl sites for hydroxylation is 1. The number of anilines is 1. The smallest absolute Gasteiger partial charge is 0.210 e. The quantitative estimate of drug-likeness (QED) is 0.132. The fourth-order valence-electron chi connectivity index (χ4n) is 9.08. The predicted molar refractivity (Wildman–Crippen MR) is 225 cm³/mol. The molecule has 0 aromatic heterocycles. The average Bonchev–Trinajstić information content (AvgIpc) is 3.47. The van der Waals surface area contributed by atoms with Crippen molar-refractivity contribution in [3.05, 3.63) is 148 Å². The number of fused-ring (bicyclic) bond motifs is 6. The summed E-state index contributed by atoms with van der Waals surface area (Å²) in [5.74, 6) is 0. The van der Waals surface area contributed by atoms with E-state index in [1.165, 1.54) is 73.0 Å². The average molecular weight is 757 g/mol. The topological polar surface area (TPSA) is 63.5 Å². The number of halogens is 1. The fraction of sp³-hybridized carbons (Fsp3) is 0.298. The molecule has 0 spiro atoms. The van der Waals surface area contributed by atoms with Crippen molar-refractivity contribution in [1.29, 1.82) is 0 Å². The van der Waals surface area contributed by atoms with Gasteiger partial charge in [0.05, 0.1) is 10.3 Å². The second kappa shape index (κ2) is 14.3. The third-order valence-corrected chi connectivity index (χ3v) is 13.3. The minimum atomic E-state index is -4.27. The minimum Gasteiger partial charge on any atom is -0.744 e. The molecule has 0 amide bonds. The molecule has 3 aliphatic rings. The lowest BCUT2D eigenvalue weighted by molar-refractivity contribution is -0.401. The Morgan fingerprint density at radius 3 is 2.09 bits per heavy atom. The molecule has 5 aromatic rings. The van der Waals surface area contributed by atoms with Gasteiger partial charge < -0.3 is 9.45 Å². The number of rotatable bonds is 5. The molecule has 5 aromatic carbocycles. The maximum absolute atomic E-state index is 10.4. The molecule has 5 nitrogen and oxygen atoms in total. The van der Waals surface area contributed by atoms with Crippen molar-refractivity contribution in [2.75, 3.05) is 19.0 Å². The van der Waals surface area contributed by atoms with E-state index in [4.69, 9.17) is 11.6 Å². The minimum absolute atomic E-state index is 0.0318. The lowest BCUT2D eigenvalue weighted by Crippen LogP contribution is -2.39. The molecule has 0 N–H and O–H groups in total. The van der Waals surface area contributed by atoms with Crippen molar-refractivity contribution in [1.82, 2.24) is 0 Å². The number of allylic oxidation sites excluding steroid dienone is 5. The van der Waals surface area contributed by atoms with E-state index < -0.39 is 10.1 Å². The van der Waals surface area contributed by atoms with Crippen LogP contribution < -0.4 is 4.90 Å². The van der Waals surface area contributed by atoms with Crippen LogP contribution in [0.1, 0.15) is 70.1 Å². The maximum Gasteiger partial charge on any atom is 0.210 e. The largest absolute Gasteiger partial charge is 0.744 e. The van der Waals surface area contributed by atoms with Gasteiger partial charge in [0.2, 0.25) is 5.69 Å². The molecular formula is C47H49ClN2O3S. The van der Waals surface area contributed by atoms with E-state index in [0.717, 1.165) is 36.3 Å². The van der Waals surface area contributed by atoms with Gasteiger partial charge in [-0.3, -0.25) is 0 Å². The molecule has 278 valence electrons. The first-order valence-corrected chi connectivity index (χ1v) is 20.6. The van der Waals surface area contributed by atoms with Crippen molar-refractivity contribution in [2.45, 2.75) is 82.1 Å². The SMILES string of the molecule is CN1c2ccc3ccccc3c2C(C)(C)C1CC=C1CCCC(/C=C/C2=[N+](C)c3ccc4ccccc4c3C2(C)C)=C1Cl.Cc1ccc(S(=O)(=O)[O-])cc1. The zero-order valence-corrected chi connectivity index (χ0v) is 33.9. The molecule has 2 heterocycles. The Labute approximate surface area is 325 Å². The summed E-state index contributed by atoms with van der Waals surface area (Å²) in [5.41, 5.74) is 10.3. The van der Waals surface area contributed by atoms with Crippen molar-refractivity contribution in [3.63, 3.8) is 0 Å². The zero-order valence-electron chi connectivity index (χ0n) is 32.3. The van der Waals surface area contributed by atoms with Crippen molar-refractivity contribution in [2.24, 2.45) is 0 Å². The standard InChI is InChI=1S/C40H42ClN2.C7H8O3S/c1-39(2)34(42(5)32-22-18-26-12-7-9-16-30(26)36(32)39)24-20-28-14-11-15-29(38(28)41)21-25-35-40(3,4)37-31-17-10-8-13-27(31)19-23-33(37)43(35)6;1-6-2-4-7(5-3-6)11(8,9)10/h7-10,12-13,16-24,35H,11,14-15,25H2,1-6H3;2-5H,1H3,(H,8,9,10)/q+1;/p-1/b24-20+,29-21?;. The maximum atomic E-state index is 10.4. The summed E-state index contributed by atoms with van der Waals surface area (Å²) in [4.78, 5) is 2.32. The third-order valence-electron chi connectivity index (χ3n) is 11.9. The van der Waals surface area contributed by atoms with E-state index in [0.29, 0.717) is 6.04 Å². The normalized spacial score (nSPS) is 19.8. The van der Waals surface area contributed by atoms with Crippen LogP contribution in [0.3, 0.4) is 0 Å². The molecule has 54 heavy (non-hydrogen) atoms. The number of nitrogens with zero attached hydrogens (tertiary/aromatic N) is 2. The highest BCUT2D eigenvalue weighted by molar-refractivity contribution is 7.85. The molecule has 0 radical (unpaired) electrons. The van der Waals surface area contributed by atoms with Crippen molar-refractivity contribution in [3.8, 4) is 0 Å². The first-order valence-electron chi connectivity index (χ1n) is 18.8. The van der Waals surface area contributed by atoms with Gasteiger partial charge in [-0.05, 0) is 109 Å². The molecule has 1 aliphatic carbocycles. The molecule has 8 rings (SSSR count). The Kier molecular flexibility index (Phi) is 10.0. The van der Waals surface area contributed by atoms with Gasteiger partial charge in [-0.15, -0.1) is 0 Å². The van der Waals surface area contributed by atoms with Gasteiger partial charge in [0.1, 0.15) is 17.2 Å². The first-order chi connectivity index (χ1) is 25.6. The van der Waals surface area contributed by atoms with Crippen molar-refractivity contribution >= 4 is 60.4 Å². The Balaban J connectivity index is 0.000000353. The lowest BCUT2D eigenvalue weighted by Gasteiger charge is -2.32. The monoisotopic (exact) mass is 756 g/mol. The van der Waals surface area contributed by atoms with Gasteiger partial charge in [-0.2, -0.15) is 4.58 Å². The van der Waals surface area contributed by atoms with Crippen LogP contribution in [0.15, 0.2) is 136 Å². The van der Waals surface area contributed by atoms with Gasteiger partial charge in [0, 0.05) is 46.9 Å². The molecule has 1 unspecified atom stereocenters. The van der Waals surface area contributed by atoms with Crippen molar-refractivity contribution < 1.29 is 17.5 Å². The molecule has 0 fully saturated rings. The molecule has 0 bridgehead atoms. The molecule has 0 saturated heterocycles. The highest BCUT2D eigenvalue weighted by Gasteiger charge is 2.45. The summed E-state index contributed by atoms with van der Waals surface area (Å²) in [5, 5.41) is 6.29. The Morgan fingerprint density at radius 1 is 0.833 bits per heavy atom. The molecule has 0 saturated carbocycles. The van der Waals surface area contributed by atoms with Crippen LogP contribution in [-0.2, 0) is 20.9 Å². The zero-order chi connectivity index (χ0) is 38.6.